The minimum absolute atomic E-state index is 0. The van der Waals surface area contributed by atoms with Gasteiger partial charge < -0.3 is 5.11 Å². The van der Waals surface area contributed by atoms with Crippen molar-refractivity contribution in [3.8, 4) is 72.1 Å². The van der Waals surface area contributed by atoms with Gasteiger partial charge in [-0.3, -0.25) is 4.98 Å². The van der Waals surface area contributed by atoms with Crippen LogP contribution in [0.15, 0.2) is 115 Å². The minimum atomic E-state index is -0.278. The van der Waals surface area contributed by atoms with Crippen LogP contribution >= 0.6 is 11.3 Å². The molecule has 0 atom stereocenters. The molecular weight excluding hydrogens is 1060 g/mol. The summed E-state index contributed by atoms with van der Waals surface area (Å²) < 4.78 is 1.11. The quantitative estimate of drug-likeness (QED) is 0.169. The van der Waals surface area contributed by atoms with Gasteiger partial charge in [0.1, 0.15) is 10.8 Å². The molecule has 2 heterocycles. The van der Waals surface area contributed by atoms with E-state index in [1.165, 1.54) is 125 Å². The Kier molecular flexibility index (Phi) is 12.8. The smallest absolute Gasteiger partial charge is 0.127 e. The number of hydrogen-bond donors (Lipinski definition) is 1. The number of nitrogens with zero attached hydrogens (tertiary/aromatic N) is 2. The van der Waals surface area contributed by atoms with Crippen molar-refractivity contribution in [3.63, 3.8) is 0 Å². The van der Waals surface area contributed by atoms with E-state index in [0.717, 1.165) is 48.7 Å². The van der Waals surface area contributed by atoms with Crippen LogP contribution < -0.4 is 0 Å². The Hall–Kier alpha value is -5.15. The second-order valence-electron chi connectivity index (χ2n) is 23.7. The van der Waals surface area contributed by atoms with Crippen molar-refractivity contribution in [1.29, 1.82) is 0 Å². The maximum atomic E-state index is 11.7. The Morgan fingerprint density at radius 2 is 1.31 bits per heavy atom. The monoisotopic (exact) mass is 1130 g/mol. The van der Waals surface area contributed by atoms with E-state index in [4.69, 9.17) is 9.97 Å². The molecule has 2 aromatic heterocycles. The van der Waals surface area contributed by atoms with Gasteiger partial charge in [0, 0.05) is 38.5 Å². The fourth-order valence-electron chi connectivity index (χ4n) is 12.7. The largest absolute Gasteiger partial charge is 0.507 e. The SMILES string of the molecule is Cc1ccc(-c2ccc(-c3cc4c(c5nc(-c6ccc(C(C)(C)C)cc6O)sc35)-c3[c-]c(-c5cc(-c6ccc(C7CCC8(CCCCC8)CC7)cc6)ccn5)ccc3C(C)(C)C4(C)C)c(C)c2)c(C)c1.[Pt]. The van der Waals surface area contributed by atoms with Crippen LogP contribution in [0.25, 0.3) is 76.6 Å². The minimum Gasteiger partial charge on any atom is -0.507 e. The standard InChI is InChI=1S/C66H69N2OS.Pt/c1-40-14-22-50(41(2)34-40)47-19-23-51(42(3)35-47)53-39-56-59(60-61(53)70-62(68-60)52-24-21-49(38-58(52)69)63(4,5)6)54-36-48(20-25-55(54)64(7,8)65(56,9)10)57-37-46(28-33-67-57)44-17-15-43(16-18-44)45-26-31-66(32-27-45)29-12-11-13-30-66;/h14-25,28,33-35,37-39,45,69H,11-13,26-27,29-32H2,1-10H3;/q-1;. The number of thiazole rings is 1. The first kappa shape index (κ1) is 49.4. The maximum absolute atomic E-state index is 11.7. The summed E-state index contributed by atoms with van der Waals surface area (Å²) in [6.07, 6.45) is 14.6. The van der Waals surface area contributed by atoms with Gasteiger partial charge in [-0.2, -0.15) is 0 Å². The number of aromatic nitrogens is 2. The molecule has 0 amide bonds. The van der Waals surface area contributed by atoms with Crippen molar-refractivity contribution in [2.45, 2.75) is 149 Å². The summed E-state index contributed by atoms with van der Waals surface area (Å²) in [6, 6.07) is 44.7. The van der Waals surface area contributed by atoms with E-state index >= 15 is 0 Å². The van der Waals surface area contributed by atoms with Crippen LogP contribution in [0.4, 0.5) is 0 Å². The number of rotatable bonds is 6. The van der Waals surface area contributed by atoms with Gasteiger partial charge >= 0.3 is 0 Å². The van der Waals surface area contributed by atoms with Gasteiger partial charge in [0.2, 0.25) is 0 Å². The molecule has 2 saturated carbocycles. The van der Waals surface area contributed by atoms with Crippen LogP contribution in [0, 0.1) is 32.3 Å². The van der Waals surface area contributed by atoms with E-state index in [-0.39, 0.29) is 43.1 Å². The van der Waals surface area contributed by atoms with Crippen molar-refractivity contribution in [3.05, 3.63) is 160 Å². The van der Waals surface area contributed by atoms with Gasteiger partial charge in [0.05, 0.1) is 15.8 Å². The van der Waals surface area contributed by atoms with Gasteiger partial charge in [-0.05, 0) is 155 Å². The average Bonchev–Trinajstić information content (AvgIpc) is 3.79. The number of hydrogen-bond acceptors (Lipinski definition) is 4. The predicted octanol–water partition coefficient (Wildman–Crippen LogP) is 18.6. The zero-order valence-corrected chi connectivity index (χ0v) is 46.6. The van der Waals surface area contributed by atoms with Crippen molar-refractivity contribution in [1.82, 2.24) is 9.97 Å². The van der Waals surface area contributed by atoms with E-state index in [1.807, 2.05) is 12.3 Å². The average molecular weight is 1130 g/mol. The first-order valence-electron chi connectivity index (χ1n) is 26.1. The third kappa shape index (κ3) is 8.67. The van der Waals surface area contributed by atoms with E-state index in [2.05, 4.69) is 178 Å². The summed E-state index contributed by atoms with van der Waals surface area (Å²) in [6.45, 7) is 22.7. The molecule has 11 rings (SSSR count). The molecule has 1 spiro atoms. The molecule has 2 fully saturated rings. The summed E-state index contributed by atoms with van der Waals surface area (Å²) in [5, 5.41) is 12.5. The first-order valence-corrected chi connectivity index (χ1v) is 26.9. The first-order chi connectivity index (χ1) is 33.4. The Balaban J connectivity index is 0.00000582. The summed E-state index contributed by atoms with van der Waals surface area (Å²) in [4.78, 5) is 10.6. The second-order valence-corrected chi connectivity index (χ2v) is 24.7. The number of phenolic OH excluding ortho intramolecular Hbond substituents is 1. The fraction of sp³-hybridized carbons (Fsp3) is 0.364. The topological polar surface area (TPSA) is 46.0 Å². The van der Waals surface area contributed by atoms with Crippen LogP contribution in [0.2, 0.25) is 0 Å². The Morgan fingerprint density at radius 1 is 0.634 bits per heavy atom. The van der Waals surface area contributed by atoms with Gasteiger partial charge in [-0.1, -0.05) is 169 Å². The zero-order chi connectivity index (χ0) is 48.9. The predicted molar refractivity (Wildman–Crippen MR) is 296 cm³/mol. The van der Waals surface area contributed by atoms with Gasteiger partial charge in [0.15, 0.2) is 0 Å². The molecule has 0 radical (unpaired) electrons. The molecule has 1 N–H and O–H groups in total. The molecular formula is C66H69N2OPtS-. The van der Waals surface area contributed by atoms with Crippen molar-refractivity contribution >= 4 is 21.6 Å². The molecule has 0 aliphatic heterocycles. The zero-order valence-electron chi connectivity index (χ0n) is 43.5. The normalized spacial score (nSPS) is 17.2. The molecule has 5 heteroatoms. The molecule has 71 heavy (non-hydrogen) atoms. The molecule has 0 bridgehead atoms. The van der Waals surface area contributed by atoms with Crippen molar-refractivity contribution < 1.29 is 26.2 Å². The molecule has 8 aromatic rings. The number of phenols is 1. The Bertz CT molecular complexity index is 3330. The second kappa shape index (κ2) is 18.4. The summed E-state index contributed by atoms with van der Waals surface area (Å²) in [5.41, 5.74) is 21.9. The molecule has 0 unspecified atom stereocenters. The van der Waals surface area contributed by atoms with Crippen LogP contribution in [-0.2, 0) is 37.3 Å². The summed E-state index contributed by atoms with van der Waals surface area (Å²) in [5.74, 6) is 0.930. The van der Waals surface area contributed by atoms with E-state index < -0.39 is 0 Å². The van der Waals surface area contributed by atoms with Gasteiger partial charge in [0.25, 0.3) is 0 Å². The van der Waals surface area contributed by atoms with Crippen LogP contribution in [0.5, 0.6) is 5.75 Å². The number of pyridine rings is 1. The van der Waals surface area contributed by atoms with E-state index in [1.54, 1.807) is 11.3 Å². The Labute approximate surface area is 441 Å². The van der Waals surface area contributed by atoms with Gasteiger partial charge in [-0.25, -0.2) is 4.98 Å². The summed E-state index contributed by atoms with van der Waals surface area (Å²) in [7, 11) is 0. The molecule has 3 nitrogen and oxygen atoms in total. The third-order valence-electron chi connectivity index (χ3n) is 17.8. The fourth-order valence-corrected chi connectivity index (χ4v) is 13.8. The van der Waals surface area contributed by atoms with E-state index in [9.17, 15) is 5.11 Å². The van der Waals surface area contributed by atoms with Crippen molar-refractivity contribution in [2.75, 3.05) is 0 Å². The molecule has 3 aliphatic carbocycles. The Morgan fingerprint density at radius 3 is 2.00 bits per heavy atom. The molecule has 0 saturated heterocycles. The summed E-state index contributed by atoms with van der Waals surface area (Å²) >= 11 is 1.68. The number of aryl methyl sites for hydroxylation is 3. The number of aromatic hydroxyl groups is 1. The van der Waals surface area contributed by atoms with Crippen molar-refractivity contribution in [2.24, 2.45) is 5.41 Å². The molecule has 366 valence electrons. The van der Waals surface area contributed by atoms with Crippen LogP contribution in [0.3, 0.4) is 0 Å². The molecule has 3 aliphatic rings. The van der Waals surface area contributed by atoms with Crippen LogP contribution in [0.1, 0.15) is 151 Å². The van der Waals surface area contributed by atoms with Gasteiger partial charge in [-0.15, -0.1) is 40.7 Å². The number of benzene rings is 6. The maximum Gasteiger partial charge on any atom is 0.127 e. The number of fused-ring (bicyclic) bond motifs is 5. The molecule has 6 aromatic carbocycles. The third-order valence-corrected chi connectivity index (χ3v) is 18.9. The van der Waals surface area contributed by atoms with Crippen LogP contribution in [-0.4, -0.2) is 15.1 Å². The van der Waals surface area contributed by atoms with E-state index in [0.29, 0.717) is 11.3 Å².